The average Bonchev–Trinajstić information content (AvgIpc) is 2.35. The summed E-state index contributed by atoms with van der Waals surface area (Å²) in [5.74, 6) is -2.87. The lowest BCUT2D eigenvalue weighted by atomic mass is 9.96. The van der Waals surface area contributed by atoms with E-state index in [0.29, 0.717) is 17.5 Å². The Bertz CT molecular complexity index is 554. The SMILES string of the molecule is O=C(O)Cc1ccc2c(c1)CN(C(=O)C(F)(F)F)CC2. The molecular formula is C13H12F3NO3. The zero-order valence-corrected chi connectivity index (χ0v) is 10.4. The molecule has 20 heavy (non-hydrogen) atoms. The fourth-order valence-corrected chi connectivity index (χ4v) is 2.25. The molecule has 0 saturated heterocycles. The minimum atomic E-state index is -4.88. The van der Waals surface area contributed by atoms with Crippen LogP contribution in [0.2, 0.25) is 0 Å². The lowest BCUT2D eigenvalue weighted by Gasteiger charge is -2.29. The van der Waals surface area contributed by atoms with Crippen molar-refractivity contribution in [3.63, 3.8) is 0 Å². The summed E-state index contributed by atoms with van der Waals surface area (Å²) in [5, 5.41) is 8.70. The van der Waals surface area contributed by atoms with E-state index in [1.807, 2.05) is 0 Å². The van der Waals surface area contributed by atoms with Crippen LogP contribution in [0.3, 0.4) is 0 Å². The Balaban J connectivity index is 2.20. The van der Waals surface area contributed by atoms with Gasteiger partial charge in [0.2, 0.25) is 0 Å². The smallest absolute Gasteiger partial charge is 0.471 e. The van der Waals surface area contributed by atoms with Crippen LogP contribution in [0.5, 0.6) is 0 Å². The molecule has 0 aromatic heterocycles. The van der Waals surface area contributed by atoms with Gasteiger partial charge in [-0.2, -0.15) is 13.2 Å². The molecule has 7 heteroatoms. The predicted molar refractivity (Wildman–Crippen MR) is 63.0 cm³/mol. The number of fused-ring (bicyclic) bond motifs is 1. The molecule has 0 fully saturated rings. The Morgan fingerprint density at radius 2 is 1.95 bits per heavy atom. The number of rotatable bonds is 2. The van der Waals surface area contributed by atoms with Crippen LogP contribution in [0.4, 0.5) is 13.2 Å². The van der Waals surface area contributed by atoms with Gasteiger partial charge in [-0.1, -0.05) is 18.2 Å². The van der Waals surface area contributed by atoms with Gasteiger partial charge in [0.05, 0.1) is 6.42 Å². The summed E-state index contributed by atoms with van der Waals surface area (Å²) >= 11 is 0. The number of carbonyl (C=O) groups is 2. The molecule has 0 unspecified atom stereocenters. The van der Waals surface area contributed by atoms with Crippen molar-refractivity contribution >= 4 is 11.9 Å². The van der Waals surface area contributed by atoms with Crippen LogP contribution in [0.25, 0.3) is 0 Å². The molecule has 1 aromatic carbocycles. The lowest BCUT2D eigenvalue weighted by Crippen LogP contribution is -2.43. The average molecular weight is 287 g/mol. The first-order valence-corrected chi connectivity index (χ1v) is 5.96. The molecular weight excluding hydrogens is 275 g/mol. The van der Waals surface area contributed by atoms with Crippen LogP contribution < -0.4 is 0 Å². The van der Waals surface area contributed by atoms with E-state index in [1.54, 1.807) is 18.2 Å². The van der Waals surface area contributed by atoms with Gasteiger partial charge in [-0.3, -0.25) is 9.59 Å². The van der Waals surface area contributed by atoms with Gasteiger partial charge in [0.25, 0.3) is 0 Å². The summed E-state index contributed by atoms with van der Waals surface area (Å²) in [6.45, 7) is -0.120. The Morgan fingerprint density at radius 3 is 2.55 bits per heavy atom. The number of aliphatic carboxylic acids is 1. The maximum absolute atomic E-state index is 12.4. The standard InChI is InChI=1S/C13H12F3NO3/c14-13(15,16)12(20)17-4-3-9-2-1-8(6-11(18)19)5-10(9)7-17/h1-2,5H,3-4,6-7H2,(H,18,19). The molecule has 2 rings (SSSR count). The van der Waals surface area contributed by atoms with E-state index in [4.69, 9.17) is 5.11 Å². The number of alkyl halides is 3. The second kappa shape index (κ2) is 5.15. The van der Waals surface area contributed by atoms with Crippen molar-refractivity contribution in [3.05, 3.63) is 34.9 Å². The first-order valence-electron chi connectivity index (χ1n) is 5.96. The van der Waals surface area contributed by atoms with Crippen LogP contribution in [0, 0.1) is 0 Å². The number of carboxylic acids is 1. The van der Waals surface area contributed by atoms with Crippen LogP contribution in [0.15, 0.2) is 18.2 Å². The van der Waals surface area contributed by atoms with Crippen molar-refractivity contribution < 1.29 is 27.9 Å². The third kappa shape index (κ3) is 3.09. The highest BCUT2D eigenvalue weighted by Crippen LogP contribution is 2.25. The molecule has 1 aliphatic heterocycles. The van der Waals surface area contributed by atoms with Gasteiger partial charge in [0.1, 0.15) is 0 Å². The molecule has 1 heterocycles. The van der Waals surface area contributed by atoms with E-state index in [9.17, 15) is 22.8 Å². The highest BCUT2D eigenvalue weighted by molar-refractivity contribution is 5.82. The van der Waals surface area contributed by atoms with Gasteiger partial charge < -0.3 is 10.0 Å². The highest BCUT2D eigenvalue weighted by Gasteiger charge is 2.43. The van der Waals surface area contributed by atoms with Crippen LogP contribution in [-0.2, 0) is 29.0 Å². The van der Waals surface area contributed by atoms with Gasteiger partial charge in [-0.05, 0) is 23.1 Å². The number of carbonyl (C=O) groups excluding carboxylic acids is 1. The monoisotopic (exact) mass is 287 g/mol. The molecule has 1 amide bonds. The van der Waals surface area contributed by atoms with Crippen LogP contribution in [-0.4, -0.2) is 34.6 Å². The normalized spacial score (nSPS) is 14.8. The van der Waals surface area contributed by atoms with Crippen molar-refractivity contribution in [2.45, 2.75) is 25.6 Å². The molecule has 0 spiro atoms. The zero-order chi connectivity index (χ0) is 14.9. The molecule has 1 aromatic rings. The van der Waals surface area contributed by atoms with E-state index >= 15 is 0 Å². The van der Waals surface area contributed by atoms with Gasteiger partial charge in [-0.15, -0.1) is 0 Å². The zero-order valence-electron chi connectivity index (χ0n) is 10.4. The van der Waals surface area contributed by atoms with E-state index < -0.39 is 18.1 Å². The number of hydrogen-bond donors (Lipinski definition) is 1. The summed E-state index contributed by atoms with van der Waals surface area (Å²) in [6, 6.07) is 4.91. The second-order valence-corrected chi connectivity index (χ2v) is 4.65. The number of halogens is 3. The van der Waals surface area contributed by atoms with Crippen molar-refractivity contribution in [2.75, 3.05) is 6.54 Å². The Kier molecular flexibility index (Phi) is 3.69. The van der Waals surface area contributed by atoms with Gasteiger partial charge in [-0.25, -0.2) is 0 Å². The second-order valence-electron chi connectivity index (χ2n) is 4.65. The summed E-state index contributed by atoms with van der Waals surface area (Å²) < 4.78 is 37.2. The Hall–Kier alpha value is -2.05. The topological polar surface area (TPSA) is 57.6 Å². The summed E-state index contributed by atoms with van der Waals surface area (Å²) in [6.07, 6.45) is -4.73. The van der Waals surface area contributed by atoms with Gasteiger partial charge in [0.15, 0.2) is 0 Å². The number of hydrogen-bond acceptors (Lipinski definition) is 2. The van der Waals surface area contributed by atoms with Crippen molar-refractivity contribution in [3.8, 4) is 0 Å². The minimum Gasteiger partial charge on any atom is -0.481 e. The van der Waals surface area contributed by atoms with E-state index in [-0.39, 0.29) is 19.5 Å². The Morgan fingerprint density at radius 1 is 1.25 bits per heavy atom. The van der Waals surface area contributed by atoms with Crippen molar-refractivity contribution in [2.24, 2.45) is 0 Å². The molecule has 0 saturated carbocycles. The van der Waals surface area contributed by atoms with E-state index in [1.165, 1.54) is 0 Å². The molecule has 0 aliphatic carbocycles. The van der Waals surface area contributed by atoms with Gasteiger partial charge in [0, 0.05) is 13.1 Å². The number of benzene rings is 1. The van der Waals surface area contributed by atoms with Gasteiger partial charge >= 0.3 is 18.1 Å². The van der Waals surface area contributed by atoms with Crippen LogP contribution in [0.1, 0.15) is 16.7 Å². The Labute approximate surface area is 112 Å². The molecule has 108 valence electrons. The molecule has 4 nitrogen and oxygen atoms in total. The fraction of sp³-hybridized carbons (Fsp3) is 0.385. The molecule has 0 bridgehead atoms. The maximum atomic E-state index is 12.4. The molecule has 0 atom stereocenters. The number of amides is 1. The minimum absolute atomic E-state index is 0.0175. The first kappa shape index (κ1) is 14.4. The number of carboxylic acid groups (broad SMARTS) is 1. The third-order valence-corrected chi connectivity index (χ3v) is 3.17. The quantitative estimate of drug-likeness (QED) is 0.901. The molecule has 1 N–H and O–H groups in total. The van der Waals surface area contributed by atoms with E-state index in [0.717, 1.165) is 10.5 Å². The number of nitrogens with zero attached hydrogens (tertiary/aromatic N) is 1. The molecule has 1 aliphatic rings. The summed E-state index contributed by atoms with van der Waals surface area (Å²) in [4.78, 5) is 22.6. The predicted octanol–water partition coefficient (Wildman–Crippen LogP) is 1.76. The highest BCUT2D eigenvalue weighted by atomic mass is 19.4. The maximum Gasteiger partial charge on any atom is 0.471 e. The summed E-state index contributed by atoms with van der Waals surface area (Å²) in [5.41, 5.74) is 1.94. The lowest BCUT2D eigenvalue weighted by molar-refractivity contribution is -0.186. The largest absolute Gasteiger partial charge is 0.481 e. The summed E-state index contributed by atoms with van der Waals surface area (Å²) in [7, 11) is 0. The van der Waals surface area contributed by atoms with Crippen molar-refractivity contribution in [1.29, 1.82) is 0 Å². The first-order chi connectivity index (χ1) is 9.27. The van der Waals surface area contributed by atoms with Crippen molar-refractivity contribution in [1.82, 2.24) is 4.90 Å². The third-order valence-electron chi connectivity index (χ3n) is 3.17. The molecule has 0 radical (unpaired) electrons. The van der Waals surface area contributed by atoms with Crippen LogP contribution >= 0.6 is 0 Å². The van der Waals surface area contributed by atoms with E-state index in [2.05, 4.69) is 0 Å². The fourth-order valence-electron chi connectivity index (χ4n) is 2.25.